The summed E-state index contributed by atoms with van der Waals surface area (Å²) in [5.74, 6) is 0.313. The summed E-state index contributed by atoms with van der Waals surface area (Å²) < 4.78 is 0. The molecule has 0 spiro atoms. The van der Waals surface area contributed by atoms with Crippen LogP contribution in [0.4, 0.5) is 0 Å². The average molecular weight is 295 g/mol. The SMILES string of the molecule is CC1CCCC(C)N1C(=O)CN1CCCC1C(=O)N(C)C. The molecule has 0 bridgehead atoms. The second-order valence-electron chi connectivity index (χ2n) is 6.79. The summed E-state index contributed by atoms with van der Waals surface area (Å²) in [7, 11) is 3.57. The Labute approximate surface area is 128 Å². The molecule has 21 heavy (non-hydrogen) atoms. The summed E-state index contributed by atoms with van der Waals surface area (Å²) in [6.07, 6.45) is 5.27. The van der Waals surface area contributed by atoms with Crippen molar-refractivity contribution in [1.82, 2.24) is 14.7 Å². The van der Waals surface area contributed by atoms with Crippen LogP contribution >= 0.6 is 0 Å². The number of carbonyl (C=O) groups excluding carboxylic acids is 2. The van der Waals surface area contributed by atoms with Gasteiger partial charge in [-0.1, -0.05) is 0 Å². The molecule has 3 unspecified atom stereocenters. The van der Waals surface area contributed by atoms with Crippen LogP contribution in [0.15, 0.2) is 0 Å². The van der Waals surface area contributed by atoms with E-state index in [9.17, 15) is 9.59 Å². The van der Waals surface area contributed by atoms with E-state index in [1.807, 2.05) is 4.90 Å². The molecule has 2 aliphatic heterocycles. The summed E-state index contributed by atoms with van der Waals surface area (Å²) >= 11 is 0. The maximum Gasteiger partial charge on any atom is 0.239 e. The summed E-state index contributed by atoms with van der Waals surface area (Å²) in [4.78, 5) is 30.6. The molecule has 2 rings (SSSR count). The molecule has 0 aromatic rings. The quantitative estimate of drug-likeness (QED) is 0.789. The van der Waals surface area contributed by atoms with Crippen molar-refractivity contribution in [3.05, 3.63) is 0 Å². The van der Waals surface area contributed by atoms with Gasteiger partial charge >= 0.3 is 0 Å². The first kappa shape index (κ1) is 16.3. The second-order valence-corrected chi connectivity index (χ2v) is 6.79. The molecule has 2 saturated heterocycles. The van der Waals surface area contributed by atoms with Crippen molar-refractivity contribution in [3.8, 4) is 0 Å². The van der Waals surface area contributed by atoms with Crippen LogP contribution in [0.2, 0.25) is 0 Å². The lowest BCUT2D eigenvalue weighted by Gasteiger charge is -2.40. The molecule has 0 radical (unpaired) electrons. The lowest BCUT2D eigenvalue weighted by atomic mass is 9.97. The summed E-state index contributed by atoms with van der Waals surface area (Å²) in [5, 5.41) is 0. The van der Waals surface area contributed by atoms with E-state index in [4.69, 9.17) is 0 Å². The van der Waals surface area contributed by atoms with Crippen molar-refractivity contribution in [3.63, 3.8) is 0 Å². The molecule has 2 fully saturated rings. The number of likely N-dealkylation sites (N-methyl/N-ethyl adjacent to an activating group) is 1. The van der Waals surface area contributed by atoms with Gasteiger partial charge in [0, 0.05) is 26.2 Å². The van der Waals surface area contributed by atoms with Gasteiger partial charge in [-0.25, -0.2) is 0 Å². The third-order valence-corrected chi connectivity index (χ3v) is 4.91. The van der Waals surface area contributed by atoms with E-state index in [0.717, 1.165) is 32.2 Å². The fourth-order valence-electron chi connectivity index (χ4n) is 3.76. The molecule has 0 aromatic carbocycles. The maximum absolute atomic E-state index is 12.7. The Morgan fingerprint density at radius 3 is 2.24 bits per heavy atom. The maximum atomic E-state index is 12.7. The first-order chi connectivity index (χ1) is 9.91. The highest BCUT2D eigenvalue weighted by molar-refractivity contribution is 5.84. The molecule has 0 saturated carbocycles. The topological polar surface area (TPSA) is 43.9 Å². The van der Waals surface area contributed by atoms with Gasteiger partial charge in [-0.3, -0.25) is 14.5 Å². The minimum Gasteiger partial charge on any atom is -0.347 e. The number of rotatable bonds is 3. The standard InChI is InChI=1S/C16H29N3O2/c1-12-7-5-8-13(2)19(12)15(20)11-18-10-6-9-14(18)16(21)17(3)4/h12-14H,5-11H2,1-4H3. The molecule has 2 amide bonds. The summed E-state index contributed by atoms with van der Waals surface area (Å²) in [5.41, 5.74) is 0. The third-order valence-electron chi connectivity index (χ3n) is 4.91. The normalized spacial score (nSPS) is 30.5. The number of nitrogens with zero attached hydrogens (tertiary/aromatic N) is 3. The summed E-state index contributed by atoms with van der Waals surface area (Å²) in [6, 6.07) is 0.540. The van der Waals surface area contributed by atoms with Gasteiger partial charge in [-0.05, 0) is 52.5 Å². The van der Waals surface area contributed by atoms with E-state index >= 15 is 0 Å². The van der Waals surface area contributed by atoms with Crippen LogP contribution in [0.1, 0.15) is 46.0 Å². The highest BCUT2D eigenvalue weighted by atomic mass is 16.2. The summed E-state index contributed by atoms with van der Waals surface area (Å²) in [6.45, 7) is 5.52. The minimum absolute atomic E-state index is 0.112. The van der Waals surface area contributed by atoms with Gasteiger partial charge in [0.15, 0.2) is 0 Å². The lowest BCUT2D eigenvalue weighted by Crippen LogP contribution is -2.53. The van der Waals surface area contributed by atoms with E-state index < -0.39 is 0 Å². The van der Waals surface area contributed by atoms with E-state index in [2.05, 4.69) is 18.7 Å². The monoisotopic (exact) mass is 295 g/mol. The molecule has 2 heterocycles. The number of hydrogen-bond donors (Lipinski definition) is 0. The Bertz CT molecular complexity index is 387. The fraction of sp³-hybridized carbons (Fsp3) is 0.875. The van der Waals surface area contributed by atoms with Crippen LogP contribution in [0.5, 0.6) is 0 Å². The van der Waals surface area contributed by atoms with Crippen LogP contribution in [-0.2, 0) is 9.59 Å². The van der Waals surface area contributed by atoms with E-state index in [1.165, 1.54) is 6.42 Å². The van der Waals surface area contributed by atoms with Crippen molar-refractivity contribution in [1.29, 1.82) is 0 Å². The van der Waals surface area contributed by atoms with Gasteiger partial charge in [-0.15, -0.1) is 0 Å². The Morgan fingerprint density at radius 2 is 1.67 bits per heavy atom. The van der Waals surface area contributed by atoms with Gasteiger partial charge in [0.25, 0.3) is 0 Å². The molecule has 0 N–H and O–H groups in total. The Hall–Kier alpha value is -1.10. The zero-order chi connectivity index (χ0) is 15.6. The Morgan fingerprint density at radius 1 is 1.05 bits per heavy atom. The molecule has 0 aliphatic carbocycles. The van der Waals surface area contributed by atoms with Crippen LogP contribution in [0, 0.1) is 0 Å². The molecule has 0 aromatic heterocycles. The first-order valence-electron chi connectivity index (χ1n) is 8.18. The molecular formula is C16H29N3O2. The molecule has 120 valence electrons. The second kappa shape index (κ2) is 6.77. The highest BCUT2D eigenvalue weighted by Gasteiger charge is 2.36. The van der Waals surface area contributed by atoms with E-state index in [0.29, 0.717) is 18.6 Å². The Kier molecular flexibility index (Phi) is 5.25. The zero-order valence-corrected chi connectivity index (χ0v) is 13.8. The van der Waals surface area contributed by atoms with Gasteiger partial charge in [-0.2, -0.15) is 0 Å². The van der Waals surface area contributed by atoms with Crippen molar-refractivity contribution >= 4 is 11.8 Å². The smallest absolute Gasteiger partial charge is 0.239 e. The predicted molar refractivity (Wildman–Crippen MR) is 82.9 cm³/mol. The van der Waals surface area contributed by atoms with Crippen molar-refractivity contribution in [2.24, 2.45) is 0 Å². The first-order valence-corrected chi connectivity index (χ1v) is 8.18. The minimum atomic E-state index is -0.112. The van der Waals surface area contributed by atoms with Gasteiger partial charge in [0.2, 0.25) is 11.8 Å². The van der Waals surface area contributed by atoms with Gasteiger partial charge < -0.3 is 9.80 Å². The van der Waals surface area contributed by atoms with Gasteiger partial charge in [0.1, 0.15) is 0 Å². The number of carbonyl (C=O) groups is 2. The number of amides is 2. The number of hydrogen-bond acceptors (Lipinski definition) is 3. The van der Waals surface area contributed by atoms with Crippen molar-refractivity contribution in [2.45, 2.75) is 64.1 Å². The van der Waals surface area contributed by atoms with Crippen molar-refractivity contribution < 1.29 is 9.59 Å². The molecular weight excluding hydrogens is 266 g/mol. The highest BCUT2D eigenvalue weighted by Crippen LogP contribution is 2.24. The lowest BCUT2D eigenvalue weighted by molar-refractivity contribution is -0.140. The zero-order valence-electron chi connectivity index (χ0n) is 13.8. The molecule has 2 aliphatic rings. The van der Waals surface area contributed by atoms with Crippen LogP contribution < -0.4 is 0 Å². The molecule has 3 atom stereocenters. The molecule has 5 heteroatoms. The van der Waals surface area contributed by atoms with Gasteiger partial charge in [0.05, 0.1) is 12.6 Å². The predicted octanol–water partition coefficient (Wildman–Crippen LogP) is 1.33. The largest absolute Gasteiger partial charge is 0.347 e. The average Bonchev–Trinajstić information content (AvgIpc) is 2.85. The molecule has 5 nitrogen and oxygen atoms in total. The van der Waals surface area contributed by atoms with E-state index in [-0.39, 0.29) is 17.9 Å². The van der Waals surface area contributed by atoms with Crippen molar-refractivity contribution in [2.75, 3.05) is 27.2 Å². The fourth-order valence-corrected chi connectivity index (χ4v) is 3.76. The third kappa shape index (κ3) is 3.57. The van der Waals surface area contributed by atoms with E-state index in [1.54, 1.807) is 19.0 Å². The Balaban J connectivity index is 1.99. The number of piperidine rings is 1. The van der Waals surface area contributed by atoms with Crippen LogP contribution in [-0.4, -0.2) is 71.8 Å². The number of likely N-dealkylation sites (tertiary alicyclic amines) is 2. The van der Waals surface area contributed by atoms with Crippen LogP contribution in [0.25, 0.3) is 0 Å². The van der Waals surface area contributed by atoms with Crippen LogP contribution in [0.3, 0.4) is 0 Å².